The molecule has 0 unspecified atom stereocenters. The number of rotatable bonds is 3. The molecule has 0 saturated carbocycles. The Morgan fingerprint density at radius 3 is 2.87 bits per heavy atom. The molecule has 30 heavy (non-hydrogen) atoms. The van der Waals surface area contributed by atoms with Crippen LogP contribution in [-0.2, 0) is 19.8 Å². The molecule has 0 saturated heterocycles. The van der Waals surface area contributed by atoms with E-state index < -0.39 is 20.1 Å². The summed E-state index contributed by atoms with van der Waals surface area (Å²) >= 11 is 0. The highest BCUT2D eigenvalue weighted by Gasteiger charge is 2.29. The molecule has 0 spiro atoms. The number of benzene rings is 2. The van der Waals surface area contributed by atoms with E-state index in [-0.39, 0.29) is 17.2 Å². The van der Waals surface area contributed by atoms with Crippen LogP contribution in [0.3, 0.4) is 0 Å². The molecule has 2 aromatic heterocycles. The molecule has 5 rings (SSSR count). The number of nitrogens with zero attached hydrogens (tertiary/aromatic N) is 3. The molecular weight excluding hydrogens is 366 g/mol. The summed E-state index contributed by atoms with van der Waals surface area (Å²) in [5, 5.41) is 0.800. The van der Waals surface area contributed by atoms with Crippen molar-refractivity contribution < 1.29 is 15.5 Å². The van der Waals surface area contributed by atoms with E-state index in [0.29, 0.717) is 29.1 Å². The lowest BCUT2D eigenvalue weighted by molar-refractivity contribution is -0.633. The van der Waals surface area contributed by atoms with Gasteiger partial charge in [-0.1, -0.05) is 26.0 Å². The highest BCUT2D eigenvalue weighted by atomic mass is 15.1. The van der Waals surface area contributed by atoms with Gasteiger partial charge in [-0.3, -0.25) is 0 Å². The number of hydrogen-bond donors (Lipinski definition) is 0. The molecule has 0 N–H and O–H groups in total. The predicted octanol–water partition coefficient (Wildman–Crippen LogP) is 5.54. The lowest BCUT2D eigenvalue weighted by atomic mass is 9.91. The Morgan fingerprint density at radius 2 is 2.10 bits per heavy atom. The third-order valence-electron chi connectivity index (χ3n) is 5.96. The monoisotopic (exact) mass is 404 g/mol. The van der Waals surface area contributed by atoms with Crippen LogP contribution in [0.2, 0.25) is 0 Å². The third-order valence-corrected chi connectivity index (χ3v) is 5.96. The maximum atomic E-state index is 8.69. The normalized spacial score (nSPS) is 17.9. The SMILES string of the molecule is [2H]C([2H])([2H])c1cn2c(n1)Cc1c-2cc(C([2H])([2H])[2H])c(C)c1-c1ccc2c(C([2H])([2H])C(C)C)cccc2[n+]1C. The molecule has 0 atom stereocenters. The quantitative estimate of drug-likeness (QED) is 0.362. The zero-order valence-corrected chi connectivity index (χ0v) is 17.7. The lowest BCUT2D eigenvalue weighted by Gasteiger charge is -2.15. The zero-order chi connectivity index (χ0) is 27.9. The van der Waals surface area contributed by atoms with Crippen molar-refractivity contribution >= 4 is 10.9 Å². The molecule has 0 radical (unpaired) electrons. The molecule has 0 fully saturated rings. The van der Waals surface area contributed by atoms with E-state index in [1.165, 1.54) is 6.20 Å². The third kappa shape index (κ3) is 2.79. The second kappa shape index (κ2) is 6.80. The second-order valence-corrected chi connectivity index (χ2v) is 8.33. The zero-order valence-electron chi connectivity index (χ0n) is 25.7. The maximum Gasteiger partial charge on any atom is 0.213 e. The summed E-state index contributed by atoms with van der Waals surface area (Å²) in [5.74, 6) is 0.340. The van der Waals surface area contributed by atoms with Crippen molar-refractivity contribution in [2.45, 2.75) is 47.3 Å². The number of aryl methyl sites for hydroxylation is 3. The van der Waals surface area contributed by atoms with E-state index in [9.17, 15) is 0 Å². The van der Waals surface area contributed by atoms with Crippen molar-refractivity contribution in [3.8, 4) is 16.9 Å². The van der Waals surface area contributed by atoms with Crippen molar-refractivity contribution in [2.75, 3.05) is 0 Å². The van der Waals surface area contributed by atoms with Gasteiger partial charge in [-0.05, 0) is 67.3 Å². The van der Waals surface area contributed by atoms with Crippen molar-refractivity contribution in [3.63, 3.8) is 0 Å². The largest absolute Gasteiger partial charge is 0.303 e. The highest BCUT2D eigenvalue weighted by molar-refractivity contribution is 5.83. The topological polar surface area (TPSA) is 21.7 Å². The van der Waals surface area contributed by atoms with Gasteiger partial charge in [0.1, 0.15) is 12.9 Å². The van der Waals surface area contributed by atoms with E-state index >= 15 is 0 Å². The van der Waals surface area contributed by atoms with Crippen LogP contribution in [0, 0.1) is 26.5 Å². The van der Waals surface area contributed by atoms with Gasteiger partial charge in [-0.15, -0.1) is 0 Å². The average molecular weight is 405 g/mol. The first kappa shape index (κ1) is 12.0. The van der Waals surface area contributed by atoms with Gasteiger partial charge in [0.15, 0.2) is 0 Å². The number of pyridine rings is 1. The molecule has 0 bridgehead atoms. The minimum absolute atomic E-state index is 0.0149. The molecule has 3 heterocycles. The van der Waals surface area contributed by atoms with E-state index in [1.54, 1.807) is 10.6 Å². The Labute approximate surface area is 190 Å². The second-order valence-electron chi connectivity index (χ2n) is 8.33. The standard InChI is InChI=1S/C27H30N3/c1-16(2)12-20-8-7-9-23-21(20)10-11-24(29(23)6)27-19(5)17(3)13-25-22(27)14-26-28-18(4)15-30(25)26/h7-11,13,15-16H,12,14H2,1-6H3/q+1/i3D3,4D3,12D2. The molecule has 4 aromatic rings. The maximum absolute atomic E-state index is 8.69. The fourth-order valence-electron chi connectivity index (χ4n) is 4.58. The molecule has 152 valence electrons. The molecule has 1 aliphatic rings. The number of aromatic nitrogens is 3. The average Bonchev–Trinajstić information content (AvgIpc) is 3.37. The van der Waals surface area contributed by atoms with Crippen LogP contribution in [0.25, 0.3) is 27.8 Å². The van der Waals surface area contributed by atoms with E-state index in [2.05, 4.69) is 4.98 Å². The van der Waals surface area contributed by atoms with Gasteiger partial charge in [0.25, 0.3) is 0 Å². The number of hydrogen-bond acceptors (Lipinski definition) is 1. The molecule has 3 heteroatoms. The van der Waals surface area contributed by atoms with Crippen LogP contribution in [0.5, 0.6) is 0 Å². The number of fused-ring (bicyclic) bond motifs is 4. The Balaban J connectivity index is 1.79. The summed E-state index contributed by atoms with van der Waals surface area (Å²) in [7, 11) is 1.90. The summed E-state index contributed by atoms with van der Waals surface area (Å²) < 4.78 is 68.9. The molecule has 1 aliphatic heterocycles. The van der Waals surface area contributed by atoms with Crippen LogP contribution < -0.4 is 4.57 Å². The van der Waals surface area contributed by atoms with Crippen LogP contribution in [0.4, 0.5) is 0 Å². The van der Waals surface area contributed by atoms with Gasteiger partial charge in [-0.2, -0.15) is 4.57 Å². The first-order valence-electron chi connectivity index (χ1n) is 14.2. The Bertz CT molecular complexity index is 1590. The van der Waals surface area contributed by atoms with Crippen LogP contribution >= 0.6 is 0 Å². The van der Waals surface area contributed by atoms with Crippen molar-refractivity contribution in [2.24, 2.45) is 13.0 Å². The molecular formula is C27H30N3+. The summed E-state index contributed by atoms with van der Waals surface area (Å²) in [6, 6.07) is 11.1. The first-order chi connectivity index (χ1) is 17.5. The predicted molar refractivity (Wildman–Crippen MR) is 123 cm³/mol. The fourth-order valence-corrected chi connectivity index (χ4v) is 4.58. The minimum Gasteiger partial charge on any atom is -0.303 e. The van der Waals surface area contributed by atoms with Gasteiger partial charge < -0.3 is 4.57 Å². The first-order valence-corrected chi connectivity index (χ1v) is 10.2. The minimum atomic E-state index is -2.38. The molecule has 3 nitrogen and oxygen atoms in total. The lowest BCUT2D eigenvalue weighted by Crippen LogP contribution is -2.32. The van der Waals surface area contributed by atoms with E-state index in [0.717, 1.165) is 27.7 Å². The summed E-state index contributed by atoms with van der Waals surface area (Å²) in [5.41, 5.74) is 5.34. The number of imidazole rings is 1. The van der Waals surface area contributed by atoms with Gasteiger partial charge in [0.05, 0.1) is 16.9 Å². The van der Waals surface area contributed by atoms with Gasteiger partial charge in [-0.25, -0.2) is 4.98 Å². The Kier molecular flexibility index (Phi) is 2.73. The summed E-state index contributed by atoms with van der Waals surface area (Å²) in [6.07, 6.45) is 0.329. The van der Waals surface area contributed by atoms with Gasteiger partial charge >= 0.3 is 0 Å². The van der Waals surface area contributed by atoms with E-state index in [1.807, 2.05) is 62.7 Å². The Morgan fingerprint density at radius 1 is 1.23 bits per heavy atom. The molecule has 2 aromatic carbocycles. The van der Waals surface area contributed by atoms with Crippen LogP contribution in [-0.4, -0.2) is 9.55 Å². The van der Waals surface area contributed by atoms with Gasteiger partial charge in [0, 0.05) is 41.1 Å². The fraction of sp³-hybridized carbons (Fsp3) is 0.333. The highest BCUT2D eigenvalue weighted by Crippen LogP contribution is 2.38. The summed E-state index contributed by atoms with van der Waals surface area (Å²) in [6.45, 7) is 0.799. The van der Waals surface area contributed by atoms with Crippen molar-refractivity contribution in [1.29, 1.82) is 0 Å². The van der Waals surface area contributed by atoms with Crippen molar-refractivity contribution in [1.82, 2.24) is 9.55 Å². The van der Waals surface area contributed by atoms with Crippen LogP contribution in [0.1, 0.15) is 58.6 Å². The Hall–Kier alpha value is -2.94. The van der Waals surface area contributed by atoms with Crippen molar-refractivity contribution in [3.05, 3.63) is 76.4 Å². The molecule has 0 aliphatic carbocycles. The van der Waals surface area contributed by atoms with Gasteiger partial charge in [0.2, 0.25) is 11.2 Å². The van der Waals surface area contributed by atoms with E-state index in [4.69, 9.17) is 11.0 Å². The summed E-state index contributed by atoms with van der Waals surface area (Å²) in [4.78, 5) is 4.37. The van der Waals surface area contributed by atoms with Crippen LogP contribution in [0.15, 0.2) is 42.6 Å². The smallest absolute Gasteiger partial charge is 0.213 e. The molecule has 0 amide bonds.